The van der Waals surface area contributed by atoms with Crippen molar-refractivity contribution in [1.82, 2.24) is 24.5 Å². The quantitative estimate of drug-likeness (QED) is 0.215. The van der Waals surface area contributed by atoms with E-state index in [0.717, 1.165) is 174 Å². The van der Waals surface area contributed by atoms with Gasteiger partial charge in [0.2, 0.25) is 0 Å². The Balaban J connectivity index is 0.000000168. The molecular formula is C68H121N5O10. The van der Waals surface area contributed by atoms with Crippen LogP contribution in [-0.2, 0) is 23.7 Å². The summed E-state index contributed by atoms with van der Waals surface area (Å²) in [6.45, 7) is 29.2. The summed E-state index contributed by atoms with van der Waals surface area (Å²) in [5, 5.41) is 0. The van der Waals surface area contributed by atoms with Gasteiger partial charge in [0.25, 0.3) is 0 Å². The van der Waals surface area contributed by atoms with E-state index >= 15 is 0 Å². The van der Waals surface area contributed by atoms with E-state index in [1.807, 2.05) is 40.4 Å². The first-order valence-corrected chi connectivity index (χ1v) is 34.5. The zero-order chi connectivity index (χ0) is 60.1. The minimum atomic E-state index is -0.367. The van der Waals surface area contributed by atoms with E-state index in [0.29, 0.717) is 17.8 Å². The number of carbonyl (C=O) groups excluding carboxylic acids is 5. The van der Waals surface area contributed by atoms with Gasteiger partial charge in [0.15, 0.2) is 0 Å². The number of likely N-dealkylation sites (tertiary alicyclic amines) is 5. The fourth-order valence-electron chi connectivity index (χ4n) is 15.3. The van der Waals surface area contributed by atoms with Crippen LogP contribution < -0.4 is 0 Å². The molecule has 5 aliphatic heterocycles. The summed E-state index contributed by atoms with van der Waals surface area (Å²) in [7, 11) is 0. The maximum Gasteiger partial charge on any atom is 0.410 e. The van der Waals surface area contributed by atoms with E-state index in [9.17, 15) is 24.0 Å². The summed E-state index contributed by atoms with van der Waals surface area (Å²) in [4.78, 5) is 69.5. The SMILES string of the molecule is CC(C)(C)OC(=O)N1CCCCC1.CC(C)(OC(=O)N1CCCCC1)C1CCCCC1.CC1(OC(=O)N2CCCCC2)C2CC3CC(C2)CC1C3.CC1(OC(=O)N2CCCCC2)CCCCC1.CCC(CC)(CC)OC(=O)N1CCCCC1. The second kappa shape index (κ2) is 32.9. The molecule has 15 nitrogen and oxygen atoms in total. The molecule has 5 saturated heterocycles. The predicted octanol–water partition coefficient (Wildman–Crippen LogP) is 17.1. The molecule has 478 valence electrons. The lowest BCUT2D eigenvalue weighted by Gasteiger charge is -2.59. The molecule has 83 heavy (non-hydrogen) atoms. The van der Waals surface area contributed by atoms with Crippen LogP contribution in [0, 0.1) is 29.6 Å². The first-order chi connectivity index (χ1) is 39.6. The highest BCUT2D eigenvalue weighted by Crippen LogP contribution is 2.59. The van der Waals surface area contributed by atoms with E-state index in [-0.39, 0.29) is 58.5 Å². The molecule has 5 amide bonds. The molecule has 0 aromatic heterocycles. The van der Waals surface area contributed by atoms with Gasteiger partial charge in [-0.05, 0) is 264 Å². The number of rotatable bonds is 8. The van der Waals surface area contributed by atoms with Crippen molar-refractivity contribution in [2.24, 2.45) is 29.6 Å². The molecular weight excluding hydrogens is 1050 g/mol. The lowest BCUT2D eigenvalue weighted by Crippen LogP contribution is -2.59. The Hall–Kier alpha value is -3.65. The molecule has 4 bridgehead atoms. The van der Waals surface area contributed by atoms with Crippen LogP contribution >= 0.6 is 0 Å². The van der Waals surface area contributed by atoms with Crippen molar-refractivity contribution >= 4 is 30.5 Å². The molecule has 0 spiro atoms. The van der Waals surface area contributed by atoms with E-state index in [1.54, 1.807) is 4.90 Å². The number of carbonyl (C=O) groups is 5. The van der Waals surface area contributed by atoms with Crippen molar-refractivity contribution in [3.63, 3.8) is 0 Å². The first kappa shape index (κ1) is 68.5. The van der Waals surface area contributed by atoms with Gasteiger partial charge >= 0.3 is 30.5 Å². The Kier molecular flexibility index (Phi) is 27.1. The van der Waals surface area contributed by atoms with Gasteiger partial charge in [0.1, 0.15) is 28.0 Å². The van der Waals surface area contributed by atoms with E-state index in [2.05, 4.69) is 48.5 Å². The van der Waals surface area contributed by atoms with Gasteiger partial charge in [0, 0.05) is 65.4 Å². The highest BCUT2D eigenvalue weighted by Gasteiger charge is 2.57. The molecule has 5 heterocycles. The Morgan fingerprint density at radius 1 is 0.386 bits per heavy atom. The molecule has 6 saturated carbocycles. The minimum Gasteiger partial charge on any atom is -0.444 e. The normalized spacial score (nSPS) is 27.3. The number of hydrogen-bond donors (Lipinski definition) is 0. The predicted molar refractivity (Wildman–Crippen MR) is 330 cm³/mol. The molecule has 0 atom stereocenters. The molecule has 0 aromatic rings. The third kappa shape index (κ3) is 21.3. The summed E-state index contributed by atoms with van der Waals surface area (Å²) in [5.74, 6) is 3.67. The number of hydrogen-bond acceptors (Lipinski definition) is 10. The molecule has 6 aliphatic carbocycles. The minimum absolute atomic E-state index is 0.0281. The molecule has 15 heteroatoms. The van der Waals surface area contributed by atoms with Crippen LogP contribution in [0.3, 0.4) is 0 Å². The summed E-state index contributed by atoms with van der Waals surface area (Å²) >= 11 is 0. The lowest BCUT2D eigenvalue weighted by molar-refractivity contribution is -0.167. The van der Waals surface area contributed by atoms with Crippen molar-refractivity contribution < 1.29 is 47.7 Å². The molecule has 11 rings (SSSR count). The maximum atomic E-state index is 12.5. The Bertz CT molecular complexity index is 1910. The van der Waals surface area contributed by atoms with Gasteiger partial charge in [-0.15, -0.1) is 0 Å². The van der Waals surface area contributed by atoms with Crippen molar-refractivity contribution in [2.45, 2.75) is 309 Å². The van der Waals surface area contributed by atoms with Gasteiger partial charge in [-0.2, -0.15) is 0 Å². The number of amides is 5. The fourth-order valence-corrected chi connectivity index (χ4v) is 15.3. The van der Waals surface area contributed by atoms with Crippen LogP contribution in [0.25, 0.3) is 0 Å². The van der Waals surface area contributed by atoms with Crippen LogP contribution in [0.15, 0.2) is 0 Å². The van der Waals surface area contributed by atoms with Crippen molar-refractivity contribution in [3.8, 4) is 0 Å². The molecule has 0 N–H and O–H groups in total. The number of ether oxygens (including phenoxy) is 5. The van der Waals surface area contributed by atoms with Gasteiger partial charge in [-0.1, -0.05) is 46.5 Å². The van der Waals surface area contributed by atoms with Crippen LogP contribution in [0.5, 0.6) is 0 Å². The van der Waals surface area contributed by atoms with Crippen LogP contribution in [0.4, 0.5) is 24.0 Å². The highest BCUT2D eigenvalue weighted by atomic mass is 16.6. The standard InChI is InChI=1S/C17H27NO2.C15H27NO2.C13H23NO2.C13H25NO2.C10H19NO2/c1-17(20-16(19)18-5-3-2-4-6-18)14-8-12-7-13(10-14)11-15(17)9-12;1-15(2,13-9-5-3-6-10-13)18-14(17)16-11-7-4-8-12-16;1-13(8-4-2-5-9-13)16-12(15)14-10-6-3-7-11-14;1-4-13(5-2,6-3)16-12(15)14-10-8-7-9-11-14;1-10(2,3)13-9(12)11-7-5-4-6-8-11/h12-15H,2-11H2,1H3;13H,3-12H2,1-2H3;2-11H2,1H3;4-11H2,1-3H3;4-8H2,1-3H3. The van der Waals surface area contributed by atoms with Gasteiger partial charge in [-0.25, -0.2) is 24.0 Å². The van der Waals surface area contributed by atoms with Crippen molar-refractivity contribution in [1.29, 1.82) is 0 Å². The number of nitrogens with zero attached hydrogens (tertiary/aromatic N) is 5. The average Bonchev–Trinajstić information content (AvgIpc) is 3.53. The molecule has 0 unspecified atom stereocenters. The smallest absolute Gasteiger partial charge is 0.410 e. The molecule has 0 aromatic carbocycles. The van der Waals surface area contributed by atoms with Crippen LogP contribution in [0.1, 0.15) is 281 Å². The average molecular weight is 1170 g/mol. The largest absolute Gasteiger partial charge is 0.444 e. The third-order valence-corrected chi connectivity index (χ3v) is 21.0. The lowest BCUT2D eigenvalue weighted by atomic mass is 9.50. The zero-order valence-corrected chi connectivity index (χ0v) is 54.6. The van der Waals surface area contributed by atoms with E-state index in [1.165, 1.54) is 116 Å². The van der Waals surface area contributed by atoms with Crippen molar-refractivity contribution in [3.05, 3.63) is 0 Å². The number of piperidine rings is 5. The summed E-state index contributed by atoms with van der Waals surface area (Å²) in [6.07, 6.45) is 38.5. The van der Waals surface area contributed by atoms with E-state index < -0.39 is 0 Å². The van der Waals surface area contributed by atoms with Gasteiger partial charge in [0.05, 0.1) is 0 Å². The second-order valence-electron chi connectivity index (χ2n) is 28.9. The molecule has 0 radical (unpaired) electrons. The third-order valence-electron chi connectivity index (χ3n) is 21.0. The van der Waals surface area contributed by atoms with Crippen LogP contribution in [-0.4, -0.2) is 148 Å². The summed E-state index contributed by atoms with van der Waals surface area (Å²) in [6, 6.07) is 0. The topological polar surface area (TPSA) is 148 Å². The monoisotopic (exact) mass is 1170 g/mol. The van der Waals surface area contributed by atoms with Gasteiger partial charge in [-0.3, -0.25) is 0 Å². The maximum absolute atomic E-state index is 12.5. The Labute approximate surface area is 504 Å². The second-order valence-corrected chi connectivity index (χ2v) is 28.9. The van der Waals surface area contributed by atoms with Crippen molar-refractivity contribution in [2.75, 3.05) is 65.4 Å². The molecule has 11 aliphatic rings. The fraction of sp³-hybridized carbons (Fsp3) is 0.926. The van der Waals surface area contributed by atoms with E-state index in [4.69, 9.17) is 23.7 Å². The Morgan fingerprint density at radius 2 is 0.699 bits per heavy atom. The molecule has 11 fully saturated rings. The van der Waals surface area contributed by atoms with Gasteiger partial charge < -0.3 is 48.2 Å². The Morgan fingerprint density at radius 3 is 1.06 bits per heavy atom. The first-order valence-electron chi connectivity index (χ1n) is 34.5. The zero-order valence-electron chi connectivity index (χ0n) is 54.6. The summed E-state index contributed by atoms with van der Waals surface area (Å²) in [5.41, 5.74) is -1.26. The van der Waals surface area contributed by atoms with Crippen LogP contribution in [0.2, 0.25) is 0 Å². The highest BCUT2D eigenvalue weighted by molar-refractivity contribution is 5.70. The summed E-state index contributed by atoms with van der Waals surface area (Å²) < 4.78 is 28.6.